The van der Waals surface area contributed by atoms with Gasteiger partial charge in [-0.2, -0.15) is 0 Å². The van der Waals surface area contributed by atoms with Crippen LogP contribution in [-0.4, -0.2) is 55.8 Å². The van der Waals surface area contributed by atoms with E-state index in [1.807, 2.05) is 12.1 Å². The zero-order chi connectivity index (χ0) is 21.1. The molecule has 9 nitrogen and oxygen atoms in total. The van der Waals surface area contributed by atoms with Gasteiger partial charge in [0.1, 0.15) is 18.2 Å². The van der Waals surface area contributed by atoms with Crippen LogP contribution in [0.25, 0.3) is 0 Å². The van der Waals surface area contributed by atoms with Gasteiger partial charge in [-0.3, -0.25) is 4.21 Å². The maximum Gasteiger partial charge on any atom is 0.218 e. The summed E-state index contributed by atoms with van der Waals surface area (Å²) < 4.78 is 35.3. The number of nitrogens with zero attached hydrogens (tertiary/aromatic N) is 2. The normalized spacial score (nSPS) is 28.8. The fourth-order valence-electron chi connectivity index (χ4n) is 4.30. The summed E-state index contributed by atoms with van der Waals surface area (Å²) in [6.07, 6.45) is 2.38. The molecule has 2 aromatic rings. The molecule has 4 rings (SSSR count). The Morgan fingerprint density at radius 1 is 1.30 bits per heavy atom. The molecule has 0 saturated heterocycles. The van der Waals surface area contributed by atoms with E-state index in [9.17, 15) is 13.9 Å². The zero-order valence-corrected chi connectivity index (χ0v) is 17.4. The molecule has 1 fully saturated rings. The quantitative estimate of drug-likeness (QED) is 0.528. The molecule has 1 aromatic carbocycles. The molecule has 10 heteroatoms. The van der Waals surface area contributed by atoms with Crippen LogP contribution in [0.4, 0.5) is 5.82 Å². The molecule has 2 aliphatic rings. The van der Waals surface area contributed by atoms with E-state index in [1.165, 1.54) is 17.5 Å². The van der Waals surface area contributed by atoms with Crippen molar-refractivity contribution in [2.75, 3.05) is 19.0 Å². The second-order valence-electron chi connectivity index (χ2n) is 7.66. The highest BCUT2D eigenvalue weighted by molar-refractivity contribution is 7.77. The topological polar surface area (TPSA) is 129 Å². The molecule has 0 amide bonds. The SMILES string of the molecule is CO[C@H]1Cc2ccccc2[C@H]1Nc1cc(O[C@@H]2C[C@@H](CNS(=O)[O-])[C@H](O)C2)ncn1. The third-order valence-corrected chi connectivity index (χ3v) is 6.20. The first-order chi connectivity index (χ1) is 14.5. The number of hydrogen-bond donors (Lipinski definition) is 3. The van der Waals surface area contributed by atoms with E-state index in [-0.39, 0.29) is 30.7 Å². The van der Waals surface area contributed by atoms with Gasteiger partial charge < -0.3 is 24.4 Å². The molecule has 6 atom stereocenters. The summed E-state index contributed by atoms with van der Waals surface area (Å²) >= 11 is -2.34. The van der Waals surface area contributed by atoms with Crippen LogP contribution in [0, 0.1) is 5.92 Å². The van der Waals surface area contributed by atoms with E-state index >= 15 is 0 Å². The summed E-state index contributed by atoms with van der Waals surface area (Å²) in [4.78, 5) is 8.50. The molecule has 1 heterocycles. The average Bonchev–Trinajstić information content (AvgIpc) is 3.26. The molecule has 1 unspecified atom stereocenters. The van der Waals surface area contributed by atoms with Crippen LogP contribution in [0.15, 0.2) is 36.7 Å². The van der Waals surface area contributed by atoms with Crippen molar-refractivity contribution in [3.05, 3.63) is 47.8 Å². The second kappa shape index (κ2) is 9.36. The van der Waals surface area contributed by atoms with E-state index < -0.39 is 17.4 Å². The van der Waals surface area contributed by atoms with E-state index in [4.69, 9.17) is 9.47 Å². The van der Waals surface area contributed by atoms with Gasteiger partial charge in [-0.15, -0.1) is 0 Å². The van der Waals surface area contributed by atoms with Crippen molar-refractivity contribution in [3.8, 4) is 5.88 Å². The molecule has 162 valence electrons. The molecule has 2 aliphatic carbocycles. The molecule has 0 aliphatic heterocycles. The Morgan fingerprint density at radius 2 is 2.13 bits per heavy atom. The third kappa shape index (κ3) is 4.79. The molecule has 1 saturated carbocycles. The van der Waals surface area contributed by atoms with Crippen LogP contribution in [0.5, 0.6) is 5.88 Å². The molecule has 3 N–H and O–H groups in total. The smallest absolute Gasteiger partial charge is 0.218 e. The number of ether oxygens (including phenoxy) is 2. The Labute approximate surface area is 177 Å². The Bertz CT molecular complexity index is 901. The number of aliphatic hydroxyl groups excluding tert-OH is 1. The first-order valence-electron chi connectivity index (χ1n) is 9.90. The predicted octanol–water partition coefficient (Wildman–Crippen LogP) is 1.10. The first kappa shape index (κ1) is 21.1. The summed E-state index contributed by atoms with van der Waals surface area (Å²) in [5, 5.41) is 13.6. The van der Waals surface area contributed by atoms with E-state index in [0.717, 1.165) is 6.42 Å². The zero-order valence-electron chi connectivity index (χ0n) is 16.6. The number of fused-ring (bicyclic) bond motifs is 1. The van der Waals surface area contributed by atoms with Crippen LogP contribution in [0.2, 0.25) is 0 Å². The summed E-state index contributed by atoms with van der Waals surface area (Å²) in [7, 11) is 1.71. The molecular formula is C20H25N4O5S-. The van der Waals surface area contributed by atoms with Crippen molar-refractivity contribution < 1.29 is 23.3 Å². The molecular weight excluding hydrogens is 408 g/mol. The molecule has 1 aromatic heterocycles. The van der Waals surface area contributed by atoms with Gasteiger partial charge in [-0.05, 0) is 17.5 Å². The Hall–Kier alpha value is -2.11. The lowest BCUT2D eigenvalue weighted by molar-refractivity contribution is 0.0959. The fourth-order valence-corrected chi connectivity index (χ4v) is 4.66. The average molecular weight is 434 g/mol. The van der Waals surface area contributed by atoms with Crippen molar-refractivity contribution in [2.24, 2.45) is 5.92 Å². The number of methoxy groups -OCH3 is 1. The number of aliphatic hydroxyl groups is 1. The summed E-state index contributed by atoms with van der Waals surface area (Å²) in [6.45, 7) is 0.188. The highest BCUT2D eigenvalue weighted by Gasteiger charge is 2.35. The lowest BCUT2D eigenvalue weighted by Crippen LogP contribution is -2.28. The van der Waals surface area contributed by atoms with Crippen molar-refractivity contribution in [1.82, 2.24) is 14.7 Å². The Balaban J connectivity index is 1.41. The number of anilines is 1. The van der Waals surface area contributed by atoms with Gasteiger partial charge in [0.2, 0.25) is 5.88 Å². The number of nitrogens with one attached hydrogen (secondary N) is 2. The highest BCUT2D eigenvalue weighted by atomic mass is 32.2. The number of hydrogen-bond acceptors (Lipinski definition) is 8. The van der Waals surface area contributed by atoms with Crippen molar-refractivity contribution >= 4 is 17.1 Å². The lowest BCUT2D eigenvalue weighted by Gasteiger charge is -2.21. The fraction of sp³-hybridized carbons (Fsp3) is 0.500. The van der Waals surface area contributed by atoms with Gasteiger partial charge in [0.25, 0.3) is 0 Å². The van der Waals surface area contributed by atoms with Crippen molar-refractivity contribution in [2.45, 2.75) is 43.6 Å². The Morgan fingerprint density at radius 3 is 2.93 bits per heavy atom. The van der Waals surface area contributed by atoms with Crippen molar-refractivity contribution in [3.63, 3.8) is 0 Å². The molecule has 30 heavy (non-hydrogen) atoms. The standard InChI is InChI=1S/C20H26N4O5S/c1-28-17-7-12-4-2-3-5-15(12)20(17)24-18-9-19(22-11-21-18)29-14-6-13(16(25)8-14)10-23-30(26)27/h2-5,9,11,13-14,16-17,20,23,25H,6-8,10H2,1H3,(H,26,27)(H,21,22,24)/p-1/t13-,14+,16+,17-,20+/m0/s1. The minimum absolute atomic E-state index is 0.00605. The van der Waals surface area contributed by atoms with Gasteiger partial charge in [0.05, 0.1) is 18.2 Å². The van der Waals surface area contributed by atoms with E-state index in [1.54, 1.807) is 13.2 Å². The minimum atomic E-state index is -2.34. The Kier molecular flexibility index (Phi) is 6.59. The largest absolute Gasteiger partial charge is 0.760 e. The maximum atomic E-state index is 10.7. The molecule has 0 radical (unpaired) electrons. The van der Waals surface area contributed by atoms with Gasteiger partial charge in [-0.25, -0.2) is 14.7 Å². The number of rotatable bonds is 8. The van der Waals surface area contributed by atoms with Crippen LogP contribution in [-0.2, 0) is 22.4 Å². The minimum Gasteiger partial charge on any atom is -0.760 e. The lowest BCUT2D eigenvalue weighted by atomic mass is 10.1. The highest BCUT2D eigenvalue weighted by Crippen LogP contribution is 2.36. The van der Waals surface area contributed by atoms with Gasteiger partial charge in [0, 0.05) is 49.7 Å². The monoisotopic (exact) mass is 433 g/mol. The molecule has 0 spiro atoms. The van der Waals surface area contributed by atoms with Crippen LogP contribution in [0.3, 0.4) is 0 Å². The summed E-state index contributed by atoms with van der Waals surface area (Å²) in [5.74, 6) is 0.845. The van der Waals surface area contributed by atoms with Crippen LogP contribution in [0.1, 0.15) is 30.0 Å². The maximum absolute atomic E-state index is 10.7. The summed E-state index contributed by atoms with van der Waals surface area (Å²) in [6, 6.07) is 9.95. The number of aromatic nitrogens is 2. The van der Waals surface area contributed by atoms with Crippen LogP contribution >= 0.6 is 0 Å². The van der Waals surface area contributed by atoms with Crippen LogP contribution < -0.4 is 14.8 Å². The second-order valence-corrected chi connectivity index (χ2v) is 8.42. The number of benzene rings is 1. The van der Waals surface area contributed by atoms with E-state index in [2.05, 4.69) is 32.1 Å². The third-order valence-electron chi connectivity index (χ3n) is 5.80. The van der Waals surface area contributed by atoms with E-state index in [0.29, 0.717) is 24.5 Å². The van der Waals surface area contributed by atoms with Gasteiger partial charge >= 0.3 is 0 Å². The predicted molar refractivity (Wildman–Crippen MR) is 109 cm³/mol. The van der Waals surface area contributed by atoms with Gasteiger partial charge in [-0.1, -0.05) is 24.3 Å². The summed E-state index contributed by atoms with van der Waals surface area (Å²) in [5.41, 5.74) is 2.45. The molecule has 0 bridgehead atoms. The van der Waals surface area contributed by atoms with Crippen molar-refractivity contribution in [1.29, 1.82) is 0 Å². The van der Waals surface area contributed by atoms with Gasteiger partial charge in [0.15, 0.2) is 0 Å². The first-order valence-corrected chi connectivity index (χ1v) is 11.0.